The van der Waals surface area contributed by atoms with Crippen LogP contribution in [-0.2, 0) is 10.0 Å². The van der Waals surface area contributed by atoms with Gasteiger partial charge in [-0.05, 0) is 53.4 Å². The summed E-state index contributed by atoms with van der Waals surface area (Å²) in [5.74, 6) is 0. The third-order valence-corrected chi connectivity index (χ3v) is 6.72. The van der Waals surface area contributed by atoms with Gasteiger partial charge in [0.05, 0.1) is 4.90 Å². The van der Waals surface area contributed by atoms with Crippen molar-refractivity contribution in [3.05, 3.63) is 28.2 Å². The van der Waals surface area contributed by atoms with E-state index in [2.05, 4.69) is 15.9 Å². The molecule has 0 aliphatic heterocycles. The van der Waals surface area contributed by atoms with Crippen LogP contribution >= 0.6 is 15.9 Å². The summed E-state index contributed by atoms with van der Waals surface area (Å²) in [5.41, 5.74) is 1.05. The summed E-state index contributed by atoms with van der Waals surface area (Å²) in [5, 5.41) is 0. The predicted octanol–water partition coefficient (Wildman–Crippen LogP) is 3.71. The Morgan fingerprint density at radius 1 is 1.32 bits per heavy atom. The first-order valence-corrected chi connectivity index (χ1v) is 8.98. The average molecular weight is 346 g/mol. The number of sulfonamides is 1. The minimum atomic E-state index is -3.40. The van der Waals surface area contributed by atoms with Gasteiger partial charge >= 0.3 is 0 Å². The van der Waals surface area contributed by atoms with E-state index < -0.39 is 10.0 Å². The number of hydrogen-bond donors (Lipinski definition) is 0. The molecule has 1 saturated carbocycles. The molecule has 0 amide bonds. The zero-order valence-corrected chi connectivity index (χ0v) is 13.8. The van der Waals surface area contributed by atoms with Crippen molar-refractivity contribution in [3.8, 4) is 0 Å². The van der Waals surface area contributed by atoms with Crippen LogP contribution in [0.2, 0.25) is 0 Å². The smallest absolute Gasteiger partial charge is 0.207 e. The van der Waals surface area contributed by atoms with Crippen molar-refractivity contribution in [2.24, 2.45) is 0 Å². The molecule has 0 heterocycles. The SMILES string of the molecule is CCN(C1CCCC1)S(=O)(=O)c1ccc(C)cc1Br. The second-order valence-electron chi connectivity index (χ2n) is 5.08. The molecule has 0 aromatic heterocycles. The molecule has 2 rings (SSSR count). The quantitative estimate of drug-likeness (QED) is 0.833. The van der Waals surface area contributed by atoms with Gasteiger partial charge in [-0.3, -0.25) is 0 Å². The summed E-state index contributed by atoms with van der Waals surface area (Å²) in [4.78, 5) is 0.381. The Kier molecular flexibility index (Phi) is 4.69. The van der Waals surface area contributed by atoms with Crippen LogP contribution in [0.15, 0.2) is 27.6 Å². The summed E-state index contributed by atoms with van der Waals surface area (Å²) in [6.45, 7) is 4.40. The number of halogens is 1. The monoisotopic (exact) mass is 345 g/mol. The molecule has 106 valence electrons. The van der Waals surface area contributed by atoms with Gasteiger partial charge in [-0.2, -0.15) is 4.31 Å². The normalized spacial score (nSPS) is 17.3. The first-order valence-electron chi connectivity index (χ1n) is 6.75. The highest BCUT2D eigenvalue weighted by Crippen LogP contribution is 2.31. The lowest BCUT2D eigenvalue weighted by Gasteiger charge is -2.27. The molecule has 1 aliphatic rings. The molecule has 0 bridgehead atoms. The maximum Gasteiger partial charge on any atom is 0.244 e. The number of nitrogens with zero attached hydrogens (tertiary/aromatic N) is 1. The van der Waals surface area contributed by atoms with E-state index in [-0.39, 0.29) is 6.04 Å². The molecule has 0 unspecified atom stereocenters. The maximum atomic E-state index is 12.8. The van der Waals surface area contributed by atoms with Crippen LogP contribution in [0.5, 0.6) is 0 Å². The first kappa shape index (κ1) is 15.0. The highest BCUT2D eigenvalue weighted by molar-refractivity contribution is 9.10. The molecule has 3 nitrogen and oxygen atoms in total. The molecular formula is C14H20BrNO2S. The van der Waals surface area contributed by atoms with Crippen molar-refractivity contribution in [3.63, 3.8) is 0 Å². The van der Waals surface area contributed by atoms with Crippen molar-refractivity contribution >= 4 is 26.0 Å². The summed E-state index contributed by atoms with van der Waals surface area (Å²) < 4.78 is 27.9. The highest BCUT2D eigenvalue weighted by Gasteiger charge is 2.32. The molecule has 19 heavy (non-hydrogen) atoms. The average Bonchev–Trinajstić information content (AvgIpc) is 2.82. The fourth-order valence-corrected chi connectivity index (χ4v) is 5.61. The zero-order chi connectivity index (χ0) is 14.0. The van der Waals surface area contributed by atoms with Gasteiger partial charge in [-0.1, -0.05) is 25.8 Å². The van der Waals surface area contributed by atoms with Gasteiger partial charge in [0.15, 0.2) is 0 Å². The molecule has 0 radical (unpaired) electrons. The van der Waals surface area contributed by atoms with Crippen molar-refractivity contribution in [2.45, 2.75) is 50.5 Å². The maximum absolute atomic E-state index is 12.8. The summed E-state index contributed by atoms with van der Waals surface area (Å²) >= 11 is 3.38. The summed E-state index contributed by atoms with van der Waals surface area (Å²) in [7, 11) is -3.40. The van der Waals surface area contributed by atoms with Crippen LogP contribution in [0.3, 0.4) is 0 Å². The Balaban J connectivity index is 2.39. The second kappa shape index (κ2) is 5.94. The fraction of sp³-hybridized carbons (Fsp3) is 0.571. The van der Waals surface area contributed by atoms with Gasteiger partial charge in [-0.15, -0.1) is 0 Å². The third-order valence-electron chi connectivity index (χ3n) is 3.72. The van der Waals surface area contributed by atoms with Crippen LogP contribution in [-0.4, -0.2) is 25.3 Å². The van der Waals surface area contributed by atoms with E-state index in [9.17, 15) is 8.42 Å². The Labute approximate surface area is 124 Å². The Morgan fingerprint density at radius 3 is 2.47 bits per heavy atom. The Bertz CT molecular complexity index is 551. The predicted molar refractivity (Wildman–Crippen MR) is 80.7 cm³/mol. The molecule has 1 aromatic rings. The third kappa shape index (κ3) is 3.03. The van der Waals surface area contributed by atoms with Crippen molar-refractivity contribution in [2.75, 3.05) is 6.54 Å². The minimum Gasteiger partial charge on any atom is -0.207 e. The standard InChI is InChI=1S/C14H20BrNO2S/c1-3-16(12-6-4-5-7-12)19(17,18)14-9-8-11(2)10-13(14)15/h8-10,12H,3-7H2,1-2H3. The molecule has 1 aliphatic carbocycles. The van der Waals surface area contributed by atoms with Crippen molar-refractivity contribution in [1.82, 2.24) is 4.31 Å². The van der Waals surface area contributed by atoms with E-state index in [1.54, 1.807) is 10.4 Å². The van der Waals surface area contributed by atoms with E-state index in [1.807, 2.05) is 26.0 Å². The van der Waals surface area contributed by atoms with Crippen LogP contribution in [0, 0.1) is 6.92 Å². The molecule has 0 atom stereocenters. The van der Waals surface area contributed by atoms with Gasteiger partial charge in [0.25, 0.3) is 0 Å². The van der Waals surface area contributed by atoms with Gasteiger partial charge in [0, 0.05) is 17.1 Å². The van der Waals surface area contributed by atoms with E-state index in [0.717, 1.165) is 31.2 Å². The van der Waals surface area contributed by atoms with E-state index in [1.165, 1.54) is 0 Å². The molecule has 1 fully saturated rings. The van der Waals surface area contributed by atoms with Gasteiger partial charge in [0.2, 0.25) is 10.0 Å². The molecule has 0 N–H and O–H groups in total. The van der Waals surface area contributed by atoms with Gasteiger partial charge < -0.3 is 0 Å². The number of rotatable bonds is 4. The lowest BCUT2D eigenvalue weighted by atomic mass is 10.2. The lowest BCUT2D eigenvalue weighted by Crippen LogP contribution is -2.38. The zero-order valence-electron chi connectivity index (χ0n) is 11.4. The van der Waals surface area contributed by atoms with Crippen LogP contribution in [0.1, 0.15) is 38.2 Å². The van der Waals surface area contributed by atoms with Gasteiger partial charge in [-0.25, -0.2) is 8.42 Å². The van der Waals surface area contributed by atoms with E-state index >= 15 is 0 Å². The van der Waals surface area contributed by atoms with Crippen LogP contribution in [0.4, 0.5) is 0 Å². The topological polar surface area (TPSA) is 37.4 Å². The number of aryl methyl sites for hydroxylation is 1. The van der Waals surface area contributed by atoms with E-state index in [0.29, 0.717) is 15.9 Å². The number of hydrogen-bond acceptors (Lipinski definition) is 2. The largest absolute Gasteiger partial charge is 0.244 e. The van der Waals surface area contributed by atoms with Crippen molar-refractivity contribution in [1.29, 1.82) is 0 Å². The molecule has 5 heteroatoms. The van der Waals surface area contributed by atoms with Crippen molar-refractivity contribution < 1.29 is 8.42 Å². The second-order valence-corrected chi connectivity index (χ2v) is 7.79. The van der Waals surface area contributed by atoms with Crippen LogP contribution < -0.4 is 0 Å². The summed E-state index contributed by atoms with van der Waals surface area (Å²) in [6, 6.07) is 5.57. The number of benzene rings is 1. The molecule has 0 spiro atoms. The Morgan fingerprint density at radius 2 is 1.95 bits per heavy atom. The lowest BCUT2D eigenvalue weighted by molar-refractivity contribution is 0.335. The molecular weight excluding hydrogens is 326 g/mol. The molecule has 0 saturated heterocycles. The van der Waals surface area contributed by atoms with E-state index in [4.69, 9.17) is 0 Å². The van der Waals surface area contributed by atoms with Gasteiger partial charge in [0.1, 0.15) is 0 Å². The minimum absolute atomic E-state index is 0.170. The summed E-state index contributed by atoms with van der Waals surface area (Å²) in [6.07, 6.45) is 4.23. The van der Waals surface area contributed by atoms with Crippen LogP contribution in [0.25, 0.3) is 0 Å². The molecule has 1 aromatic carbocycles. The first-order chi connectivity index (χ1) is 8.96. The highest BCUT2D eigenvalue weighted by atomic mass is 79.9. The Hall–Kier alpha value is -0.390. The fourth-order valence-electron chi connectivity index (χ4n) is 2.76.